The van der Waals surface area contributed by atoms with Crippen molar-refractivity contribution in [3.63, 3.8) is 0 Å². The van der Waals surface area contributed by atoms with Gasteiger partial charge in [-0.25, -0.2) is 4.98 Å². The maximum absolute atomic E-state index is 12.9. The van der Waals surface area contributed by atoms with E-state index < -0.39 is 0 Å². The topological polar surface area (TPSA) is 91.4 Å². The summed E-state index contributed by atoms with van der Waals surface area (Å²) in [6.45, 7) is 7.57. The van der Waals surface area contributed by atoms with Gasteiger partial charge in [0, 0.05) is 30.8 Å². The Hall–Kier alpha value is -3.22. The molecule has 0 aliphatic rings. The van der Waals surface area contributed by atoms with E-state index in [4.69, 9.17) is 0 Å². The highest BCUT2D eigenvalue weighted by Crippen LogP contribution is 2.20. The fraction of sp³-hybridized carbons (Fsp3) is 0.364. The van der Waals surface area contributed by atoms with Gasteiger partial charge in [-0.05, 0) is 63.1 Å². The minimum atomic E-state index is -0.302. The van der Waals surface area contributed by atoms with Gasteiger partial charge in [0.15, 0.2) is 0 Å². The van der Waals surface area contributed by atoms with E-state index in [-0.39, 0.29) is 43.1 Å². The first-order valence-electron chi connectivity index (χ1n) is 9.64. The summed E-state index contributed by atoms with van der Waals surface area (Å²) in [5.41, 5.74) is 2.77. The molecule has 0 radical (unpaired) electrons. The molecule has 0 bridgehead atoms. The summed E-state index contributed by atoms with van der Waals surface area (Å²) in [5, 5.41) is 5.46. The van der Waals surface area contributed by atoms with E-state index in [9.17, 15) is 14.4 Å². The summed E-state index contributed by atoms with van der Waals surface area (Å²) >= 11 is 0. The van der Waals surface area contributed by atoms with Crippen molar-refractivity contribution in [3.05, 3.63) is 53.7 Å². The van der Waals surface area contributed by atoms with Gasteiger partial charge in [0.1, 0.15) is 12.4 Å². The Morgan fingerprint density at radius 3 is 2.38 bits per heavy atom. The Bertz CT molecular complexity index is 866. The molecule has 0 saturated carbocycles. The van der Waals surface area contributed by atoms with Crippen LogP contribution in [0.5, 0.6) is 0 Å². The van der Waals surface area contributed by atoms with Crippen molar-refractivity contribution < 1.29 is 14.4 Å². The summed E-state index contributed by atoms with van der Waals surface area (Å²) in [4.78, 5) is 42.8. The number of anilines is 2. The molecule has 1 aromatic heterocycles. The average Bonchev–Trinajstić information content (AvgIpc) is 2.67. The standard InChI is InChI=1S/C22H28N4O3/c1-15(2)24-21(28)14-26(18-9-8-16(3)17(4)13-18)22(29)11-10-20(27)25-19-7-5-6-12-23-19/h5-9,12-13,15H,10-11,14H2,1-4H3,(H,24,28)(H,23,25,27). The zero-order valence-corrected chi connectivity index (χ0v) is 17.4. The number of benzene rings is 1. The second kappa shape index (κ2) is 10.4. The van der Waals surface area contributed by atoms with E-state index in [0.29, 0.717) is 11.5 Å². The number of amides is 3. The second-order valence-corrected chi connectivity index (χ2v) is 7.23. The molecular formula is C22H28N4O3. The number of rotatable bonds is 8. The van der Waals surface area contributed by atoms with E-state index in [2.05, 4.69) is 15.6 Å². The Kier molecular flexibility index (Phi) is 7.88. The van der Waals surface area contributed by atoms with E-state index in [1.165, 1.54) is 4.90 Å². The lowest BCUT2D eigenvalue weighted by molar-refractivity contribution is -0.125. The minimum Gasteiger partial charge on any atom is -0.352 e. The molecule has 154 valence electrons. The predicted octanol–water partition coefficient (Wildman–Crippen LogP) is 2.97. The van der Waals surface area contributed by atoms with Crippen molar-refractivity contribution in [3.8, 4) is 0 Å². The normalized spacial score (nSPS) is 10.5. The highest BCUT2D eigenvalue weighted by molar-refractivity contribution is 6.01. The maximum atomic E-state index is 12.9. The molecule has 0 spiro atoms. The number of carbonyl (C=O) groups excluding carboxylic acids is 3. The van der Waals surface area contributed by atoms with Crippen LogP contribution in [0.2, 0.25) is 0 Å². The molecule has 0 aliphatic heterocycles. The molecule has 2 N–H and O–H groups in total. The maximum Gasteiger partial charge on any atom is 0.240 e. The van der Waals surface area contributed by atoms with Gasteiger partial charge in [-0.1, -0.05) is 12.1 Å². The van der Waals surface area contributed by atoms with Crippen LogP contribution in [0, 0.1) is 13.8 Å². The van der Waals surface area contributed by atoms with E-state index in [0.717, 1.165) is 11.1 Å². The number of nitrogens with zero attached hydrogens (tertiary/aromatic N) is 2. The van der Waals surface area contributed by atoms with Crippen molar-refractivity contribution in [1.29, 1.82) is 0 Å². The van der Waals surface area contributed by atoms with Crippen molar-refractivity contribution >= 4 is 29.2 Å². The molecule has 2 rings (SSSR count). The van der Waals surface area contributed by atoms with Crippen LogP contribution in [0.15, 0.2) is 42.6 Å². The number of carbonyl (C=O) groups is 3. The molecule has 0 unspecified atom stereocenters. The van der Waals surface area contributed by atoms with Gasteiger partial charge >= 0.3 is 0 Å². The molecule has 0 atom stereocenters. The average molecular weight is 396 g/mol. The lowest BCUT2D eigenvalue weighted by Gasteiger charge is -2.24. The van der Waals surface area contributed by atoms with Gasteiger partial charge < -0.3 is 15.5 Å². The third-order valence-electron chi connectivity index (χ3n) is 4.35. The molecule has 0 fully saturated rings. The minimum absolute atomic E-state index is 0.00253. The predicted molar refractivity (Wildman–Crippen MR) is 114 cm³/mol. The van der Waals surface area contributed by atoms with Crippen molar-refractivity contribution in [1.82, 2.24) is 10.3 Å². The zero-order chi connectivity index (χ0) is 21.4. The summed E-state index contributed by atoms with van der Waals surface area (Å²) < 4.78 is 0. The first-order chi connectivity index (χ1) is 13.8. The van der Waals surface area contributed by atoms with Crippen LogP contribution in [-0.4, -0.2) is 35.3 Å². The fourth-order valence-corrected chi connectivity index (χ4v) is 2.73. The number of hydrogen-bond acceptors (Lipinski definition) is 4. The Labute approximate surface area is 171 Å². The molecule has 0 aliphatic carbocycles. The molecule has 7 heteroatoms. The van der Waals surface area contributed by atoms with E-state index in [1.54, 1.807) is 24.4 Å². The number of nitrogens with one attached hydrogen (secondary N) is 2. The van der Waals surface area contributed by atoms with Gasteiger partial charge in [0.2, 0.25) is 17.7 Å². The SMILES string of the molecule is Cc1ccc(N(CC(=O)NC(C)C)C(=O)CCC(=O)Nc2ccccn2)cc1C. The monoisotopic (exact) mass is 396 g/mol. The van der Waals surface area contributed by atoms with E-state index in [1.807, 2.05) is 45.9 Å². The first kappa shape index (κ1) is 22.1. The van der Waals surface area contributed by atoms with Crippen LogP contribution in [0.3, 0.4) is 0 Å². The van der Waals surface area contributed by atoms with Crippen LogP contribution in [0.1, 0.15) is 37.8 Å². The summed E-state index contributed by atoms with van der Waals surface area (Å²) in [5.74, 6) is -0.399. The van der Waals surface area contributed by atoms with Crippen LogP contribution >= 0.6 is 0 Å². The highest BCUT2D eigenvalue weighted by Gasteiger charge is 2.21. The molecule has 7 nitrogen and oxygen atoms in total. The molecule has 3 amide bonds. The van der Waals surface area contributed by atoms with Crippen LogP contribution in [0.4, 0.5) is 11.5 Å². The van der Waals surface area contributed by atoms with Crippen LogP contribution in [0.25, 0.3) is 0 Å². The zero-order valence-electron chi connectivity index (χ0n) is 17.4. The smallest absolute Gasteiger partial charge is 0.240 e. The lowest BCUT2D eigenvalue weighted by Crippen LogP contribution is -2.43. The van der Waals surface area contributed by atoms with E-state index >= 15 is 0 Å². The third-order valence-corrected chi connectivity index (χ3v) is 4.35. The number of aryl methyl sites for hydroxylation is 2. The molecule has 1 heterocycles. The number of hydrogen-bond donors (Lipinski definition) is 2. The summed E-state index contributed by atoms with van der Waals surface area (Å²) in [6.07, 6.45) is 1.57. The van der Waals surface area contributed by atoms with Gasteiger partial charge in [0.05, 0.1) is 0 Å². The lowest BCUT2D eigenvalue weighted by atomic mass is 10.1. The first-order valence-corrected chi connectivity index (χ1v) is 9.64. The number of pyridine rings is 1. The molecule has 29 heavy (non-hydrogen) atoms. The Morgan fingerprint density at radius 2 is 1.76 bits per heavy atom. The van der Waals surface area contributed by atoms with Crippen LogP contribution < -0.4 is 15.5 Å². The Balaban J connectivity index is 2.07. The largest absolute Gasteiger partial charge is 0.352 e. The van der Waals surface area contributed by atoms with Gasteiger partial charge in [-0.3, -0.25) is 14.4 Å². The summed E-state index contributed by atoms with van der Waals surface area (Å²) in [6, 6.07) is 10.8. The van der Waals surface area contributed by atoms with Crippen molar-refractivity contribution in [2.24, 2.45) is 0 Å². The van der Waals surface area contributed by atoms with Gasteiger partial charge in [-0.15, -0.1) is 0 Å². The number of aromatic nitrogens is 1. The van der Waals surface area contributed by atoms with Crippen molar-refractivity contribution in [2.75, 3.05) is 16.8 Å². The van der Waals surface area contributed by atoms with Crippen molar-refractivity contribution in [2.45, 2.75) is 46.6 Å². The molecule has 1 aromatic carbocycles. The van der Waals surface area contributed by atoms with Gasteiger partial charge in [0.25, 0.3) is 0 Å². The van der Waals surface area contributed by atoms with Crippen LogP contribution in [-0.2, 0) is 14.4 Å². The fourth-order valence-electron chi connectivity index (χ4n) is 2.73. The molecular weight excluding hydrogens is 368 g/mol. The third kappa shape index (κ3) is 7.03. The quantitative estimate of drug-likeness (QED) is 0.718. The second-order valence-electron chi connectivity index (χ2n) is 7.23. The summed E-state index contributed by atoms with van der Waals surface area (Å²) in [7, 11) is 0. The van der Waals surface area contributed by atoms with Gasteiger partial charge in [-0.2, -0.15) is 0 Å². The Morgan fingerprint density at radius 1 is 1.00 bits per heavy atom. The molecule has 0 saturated heterocycles. The molecule has 2 aromatic rings. The highest BCUT2D eigenvalue weighted by atomic mass is 16.2.